The van der Waals surface area contributed by atoms with Gasteiger partial charge in [0.1, 0.15) is 17.8 Å². The van der Waals surface area contributed by atoms with Crippen LogP contribution in [0.4, 0.5) is 11.5 Å². The molecule has 3 rings (SSSR count). The molecule has 0 aliphatic heterocycles. The van der Waals surface area contributed by atoms with E-state index in [1.165, 1.54) is 36.7 Å². The summed E-state index contributed by atoms with van der Waals surface area (Å²) in [6.45, 7) is 6.16. The molecule has 0 saturated heterocycles. The van der Waals surface area contributed by atoms with Gasteiger partial charge in [-0.2, -0.15) is 0 Å². The Bertz CT molecular complexity index is 766. The number of rotatable bonds is 4. The number of carbonyl (C=O) groups excluding carboxylic acids is 1. The van der Waals surface area contributed by atoms with Gasteiger partial charge in [-0.05, 0) is 56.4 Å². The summed E-state index contributed by atoms with van der Waals surface area (Å²) in [5, 5.41) is 6.41. The van der Waals surface area contributed by atoms with Crippen molar-refractivity contribution in [1.82, 2.24) is 9.97 Å². The molecule has 1 aromatic heterocycles. The van der Waals surface area contributed by atoms with Gasteiger partial charge in [0.15, 0.2) is 0 Å². The summed E-state index contributed by atoms with van der Waals surface area (Å²) >= 11 is 0. The molecule has 1 aliphatic carbocycles. The largest absolute Gasteiger partial charge is 0.367 e. The molecule has 1 aliphatic rings. The number of nitrogens with one attached hydrogen (secondary N) is 2. The number of hydrogen-bond acceptors (Lipinski definition) is 4. The first-order valence-corrected chi connectivity index (χ1v) is 9.01. The van der Waals surface area contributed by atoms with E-state index in [1.54, 1.807) is 6.07 Å². The van der Waals surface area contributed by atoms with Crippen LogP contribution in [0.15, 0.2) is 24.5 Å². The van der Waals surface area contributed by atoms with E-state index < -0.39 is 0 Å². The molecule has 0 unspecified atom stereocenters. The van der Waals surface area contributed by atoms with Crippen LogP contribution in [0.25, 0.3) is 0 Å². The Hall–Kier alpha value is -2.43. The molecule has 2 N–H and O–H groups in total. The van der Waals surface area contributed by atoms with Crippen LogP contribution < -0.4 is 10.6 Å². The molecular weight excluding hydrogens is 312 g/mol. The highest BCUT2D eigenvalue weighted by molar-refractivity contribution is 6.03. The Kier molecular flexibility index (Phi) is 5.31. The molecule has 25 heavy (non-hydrogen) atoms. The second-order valence-electron chi connectivity index (χ2n) is 6.90. The van der Waals surface area contributed by atoms with Crippen LogP contribution >= 0.6 is 0 Å². The van der Waals surface area contributed by atoms with Gasteiger partial charge in [-0.25, -0.2) is 9.97 Å². The Morgan fingerprint density at radius 3 is 2.56 bits per heavy atom. The van der Waals surface area contributed by atoms with Gasteiger partial charge in [0.05, 0.1) is 0 Å². The van der Waals surface area contributed by atoms with Crippen molar-refractivity contribution in [2.45, 2.75) is 58.9 Å². The molecule has 5 heteroatoms. The molecule has 1 amide bonds. The second-order valence-corrected chi connectivity index (χ2v) is 6.90. The van der Waals surface area contributed by atoms with Gasteiger partial charge >= 0.3 is 0 Å². The highest BCUT2D eigenvalue weighted by atomic mass is 16.1. The zero-order valence-electron chi connectivity index (χ0n) is 15.2. The summed E-state index contributed by atoms with van der Waals surface area (Å²) in [6, 6.07) is 6.15. The molecule has 2 aromatic rings. The molecule has 1 heterocycles. The van der Waals surface area contributed by atoms with Gasteiger partial charge in [0.2, 0.25) is 0 Å². The lowest BCUT2D eigenvalue weighted by atomic mass is 9.95. The number of hydrogen-bond donors (Lipinski definition) is 2. The smallest absolute Gasteiger partial charge is 0.274 e. The van der Waals surface area contributed by atoms with Crippen molar-refractivity contribution >= 4 is 17.4 Å². The first-order valence-electron chi connectivity index (χ1n) is 9.01. The highest BCUT2D eigenvalue weighted by Gasteiger charge is 2.16. The van der Waals surface area contributed by atoms with E-state index in [4.69, 9.17) is 0 Å². The average molecular weight is 338 g/mol. The lowest BCUT2D eigenvalue weighted by Crippen LogP contribution is -2.23. The van der Waals surface area contributed by atoms with Gasteiger partial charge in [-0.1, -0.05) is 25.3 Å². The summed E-state index contributed by atoms with van der Waals surface area (Å²) in [7, 11) is 0. The Morgan fingerprint density at radius 1 is 1.04 bits per heavy atom. The molecule has 0 spiro atoms. The number of carbonyl (C=O) groups is 1. The van der Waals surface area contributed by atoms with Crippen LogP contribution in [0.1, 0.15) is 59.3 Å². The maximum Gasteiger partial charge on any atom is 0.274 e. The standard InChI is InChI=1S/C20H26N4O/c1-13-9-10-17(15(3)14(13)2)24-20(25)18-11-19(22-12-21-18)23-16-7-5-4-6-8-16/h9-12,16H,4-8H2,1-3H3,(H,24,25)(H,21,22,23). The number of anilines is 2. The van der Waals surface area contributed by atoms with Crippen molar-refractivity contribution in [3.8, 4) is 0 Å². The van der Waals surface area contributed by atoms with Gasteiger partial charge in [-0.3, -0.25) is 4.79 Å². The van der Waals surface area contributed by atoms with Crippen LogP contribution in [0.3, 0.4) is 0 Å². The van der Waals surface area contributed by atoms with Crippen molar-refractivity contribution < 1.29 is 4.79 Å². The van der Waals surface area contributed by atoms with Crippen molar-refractivity contribution in [3.63, 3.8) is 0 Å². The maximum atomic E-state index is 12.6. The number of nitrogens with zero attached hydrogens (tertiary/aromatic N) is 2. The van der Waals surface area contributed by atoms with Gasteiger partial charge in [-0.15, -0.1) is 0 Å². The fourth-order valence-corrected chi connectivity index (χ4v) is 3.29. The molecule has 5 nitrogen and oxygen atoms in total. The normalized spacial score (nSPS) is 15.0. The second kappa shape index (κ2) is 7.64. The first kappa shape index (κ1) is 17.4. The Balaban J connectivity index is 1.72. The van der Waals surface area contributed by atoms with Crippen LogP contribution in [-0.4, -0.2) is 21.9 Å². The lowest BCUT2D eigenvalue weighted by Gasteiger charge is -2.23. The van der Waals surface area contributed by atoms with Crippen molar-refractivity contribution in [2.75, 3.05) is 10.6 Å². The van der Waals surface area contributed by atoms with E-state index in [9.17, 15) is 4.79 Å². The molecule has 1 fully saturated rings. The topological polar surface area (TPSA) is 66.9 Å². The minimum absolute atomic E-state index is 0.208. The predicted octanol–water partition coefficient (Wildman–Crippen LogP) is 4.40. The molecular formula is C20H26N4O. The van der Waals surface area contributed by atoms with E-state index in [0.29, 0.717) is 11.7 Å². The zero-order valence-corrected chi connectivity index (χ0v) is 15.2. The van der Waals surface area contributed by atoms with Gasteiger partial charge in [0.25, 0.3) is 5.91 Å². The highest BCUT2D eigenvalue weighted by Crippen LogP contribution is 2.23. The lowest BCUT2D eigenvalue weighted by molar-refractivity contribution is 0.102. The fraction of sp³-hybridized carbons (Fsp3) is 0.450. The van der Waals surface area contributed by atoms with E-state index in [0.717, 1.165) is 29.9 Å². The number of amides is 1. The van der Waals surface area contributed by atoms with Crippen LogP contribution in [-0.2, 0) is 0 Å². The molecule has 1 aromatic carbocycles. The molecule has 0 bridgehead atoms. The van der Waals surface area contributed by atoms with Crippen molar-refractivity contribution in [1.29, 1.82) is 0 Å². The molecule has 0 radical (unpaired) electrons. The van der Waals surface area contributed by atoms with Crippen molar-refractivity contribution in [3.05, 3.63) is 46.9 Å². The third-order valence-electron chi connectivity index (χ3n) is 5.16. The number of aryl methyl sites for hydroxylation is 1. The maximum absolute atomic E-state index is 12.6. The fourth-order valence-electron chi connectivity index (χ4n) is 3.29. The summed E-state index contributed by atoms with van der Waals surface area (Å²) in [6.07, 6.45) is 7.59. The monoisotopic (exact) mass is 338 g/mol. The molecule has 132 valence electrons. The average Bonchev–Trinajstić information content (AvgIpc) is 2.63. The van der Waals surface area contributed by atoms with Crippen LogP contribution in [0.5, 0.6) is 0 Å². The summed E-state index contributed by atoms with van der Waals surface area (Å²) < 4.78 is 0. The Morgan fingerprint density at radius 2 is 1.80 bits per heavy atom. The van der Waals surface area contributed by atoms with E-state index in [1.807, 2.05) is 19.1 Å². The third-order valence-corrected chi connectivity index (χ3v) is 5.16. The minimum Gasteiger partial charge on any atom is -0.367 e. The summed E-state index contributed by atoms with van der Waals surface area (Å²) in [4.78, 5) is 21.0. The van der Waals surface area contributed by atoms with E-state index >= 15 is 0 Å². The van der Waals surface area contributed by atoms with E-state index in [2.05, 4.69) is 34.4 Å². The molecule has 0 atom stereocenters. The predicted molar refractivity (Wildman–Crippen MR) is 101 cm³/mol. The van der Waals surface area contributed by atoms with Gasteiger partial charge in [0, 0.05) is 17.8 Å². The van der Waals surface area contributed by atoms with Crippen molar-refractivity contribution in [2.24, 2.45) is 0 Å². The van der Waals surface area contributed by atoms with E-state index in [-0.39, 0.29) is 5.91 Å². The minimum atomic E-state index is -0.208. The quantitative estimate of drug-likeness (QED) is 0.867. The molecule has 1 saturated carbocycles. The van der Waals surface area contributed by atoms with Crippen LogP contribution in [0, 0.1) is 20.8 Å². The van der Waals surface area contributed by atoms with Gasteiger partial charge < -0.3 is 10.6 Å². The van der Waals surface area contributed by atoms with Crippen LogP contribution in [0.2, 0.25) is 0 Å². The number of benzene rings is 1. The summed E-state index contributed by atoms with van der Waals surface area (Å²) in [5.74, 6) is 0.518. The SMILES string of the molecule is Cc1ccc(NC(=O)c2cc(NC3CCCCC3)ncn2)c(C)c1C. The number of aromatic nitrogens is 2. The first-order chi connectivity index (χ1) is 12.0. The zero-order chi connectivity index (χ0) is 17.8. The Labute approximate surface area is 149 Å². The third kappa shape index (κ3) is 4.16. The summed E-state index contributed by atoms with van der Waals surface area (Å²) in [5.41, 5.74) is 4.71.